The van der Waals surface area contributed by atoms with Gasteiger partial charge in [0.1, 0.15) is 5.60 Å². The van der Waals surface area contributed by atoms with Crippen LogP contribution < -0.4 is 5.32 Å². The molecular weight excluding hydrogens is 262 g/mol. The number of pyridine rings is 2. The SMILES string of the molecule is OC(CC1CCNCC1)(c1ccccn1)c1ccccn1. The van der Waals surface area contributed by atoms with Crippen molar-refractivity contribution >= 4 is 0 Å². The summed E-state index contributed by atoms with van der Waals surface area (Å²) in [6, 6.07) is 11.3. The van der Waals surface area contributed by atoms with E-state index in [0.717, 1.165) is 25.9 Å². The molecule has 1 aliphatic rings. The van der Waals surface area contributed by atoms with E-state index in [1.165, 1.54) is 0 Å². The summed E-state index contributed by atoms with van der Waals surface area (Å²) in [5, 5.41) is 14.7. The van der Waals surface area contributed by atoms with Crippen LogP contribution in [0.1, 0.15) is 30.7 Å². The Morgan fingerprint density at radius 2 is 1.57 bits per heavy atom. The fourth-order valence-corrected chi connectivity index (χ4v) is 3.06. The summed E-state index contributed by atoms with van der Waals surface area (Å²) >= 11 is 0. The smallest absolute Gasteiger partial charge is 0.148 e. The Morgan fingerprint density at radius 3 is 2.05 bits per heavy atom. The molecule has 0 aromatic carbocycles. The molecule has 110 valence electrons. The molecule has 1 aliphatic heterocycles. The first-order valence-electron chi connectivity index (χ1n) is 7.55. The zero-order valence-electron chi connectivity index (χ0n) is 12.1. The Bertz CT molecular complexity index is 513. The molecule has 2 aromatic rings. The van der Waals surface area contributed by atoms with E-state index in [0.29, 0.717) is 23.7 Å². The van der Waals surface area contributed by atoms with Crippen LogP contribution in [-0.2, 0) is 5.60 Å². The van der Waals surface area contributed by atoms with Gasteiger partial charge in [-0.2, -0.15) is 0 Å². The van der Waals surface area contributed by atoms with Crippen molar-refractivity contribution in [3.8, 4) is 0 Å². The Hall–Kier alpha value is -1.78. The van der Waals surface area contributed by atoms with Crippen molar-refractivity contribution in [2.45, 2.75) is 24.9 Å². The third kappa shape index (κ3) is 3.12. The molecule has 3 rings (SSSR count). The molecule has 0 bridgehead atoms. The van der Waals surface area contributed by atoms with Gasteiger partial charge in [0.25, 0.3) is 0 Å². The van der Waals surface area contributed by atoms with E-state index >= 15 is 0 Å². The van der Waals surface area contributed by atoms with Gasteiger partial charge in [-0.1, -0.05) is 12.1 Å². The Morgan fingerprint density at radius 1 is 1.00 bits per heavy atom. The van der Waals surface area contributed by atoms with E-state index in [1.54, 1.807) is 12.4 Å². The maximum absolute atomic E-state index is 11.4. The quantitative estimate of drug-likeness (QED) is 0.902. The molecule has 0 aliphatic carbocycles. The second kappa shape index (κ2) is 6.33. The molecule has 2 N–H and O–H groups in total. The monoisotopic (exact) mass is 283 g/mol. The Labute approximate surface area is 125 Å². The van der Waals surface area contributed by atoms with Crippen LogP contribution in [0.15, 0.2) is 48.8 Å². The highest BCUT2D eigenvalue weighted by Crippen LogP contribution is 2.35. The molecular formula is C17H21N3O. The largest absolute Gasteiger partial charge is 0.377 e. The van der Waals surface area contributed by atoms with Crippen LogP contribution in [0.5, 0.6) is 0 Å². The molecule has 21 heavy (non-hydrogen) atoms. The van der Waals surface area contributed by atoms with Crippen LogP contribution in [0.2, 0.25) is 0 Å². The lowest BCUT2D eigenvalue weighted by Crippen LogP contribution is -2.36. The zero-order chi connectivity index (χ0) is 14.5. The van der Waals surface area contributed by atoms with Crippen molar-refractivity contribution in [3.63, 3.8) is 0 Å². The topological polar surface area (TPSA) is 58.0 Å². The van der Waals surface area contributed by atoms with E-state index in [-0.39, 0.29) is 0 Å². The van der Waals surface area contributed by atoms with Crippen molar-refractivity contribution in [3.05, 3.63) is 60.2 Å². The molecule has 1 fully saturated rings. The normalized spacial score (nSPS) is 16.8. The third-order valence-electron chi connectivity index (χ3n) is 4.22. The van der Waals surface area contributed by atoms with Gasteiger partial charge in [0.05, 0.1) is 11.4 Å². The van der Waals surface area contributed by atoms with Gasteiger partial charge in [-0.05, 0) is 62.5 Å². The summed E-state index contributed by atoms with van der Waals surface area (Å²) in [7, 11) is 0. The maximum atomic E-state index is 11.4. The summed E-state index contributed by atoms with van der Waals surface area (Å²) in [5.74, 6) is 0.486. The van der Waals surface area contributed by atoms with Crippen molar-refractivity contribution in [2.24, 2.45) is 5.92 Å². The lowest BCUT2D eigenvalue weighted by Gasteiger charge is -2.33. The summed E-state index contributed by atoms with van der Waals surface area (Å²) in [6.45, 7) is 2.04. The highest BCUT2D eigenvalue weighted by atomic mass is 16.3. The standard InChI is InChI=1S/C17H21N3O/c21-17(15-5-1-3-9-19-15,16-6-2-4-10-20-16)13-14-7-11-18-12-8-14/h1-6,9-10,14,18,21H,7-8,11-13H2. The minimum Gasteiger partial charge on any atom is -0.377 e. The van der Waals surface area contributed by atoms with Crippen molar-refractivity contribution in [1.82, 2.24) is 15.3 Å². The van der Waals surface area contributed by atoms with Gasteiger partial charge in [-0.25, -0.2) is 0 Å². The average molecular weight is 283 g/mol. The van der Waals surface area contributed by atoms with Crippen molar-refractivity contribution < 1.29 is 5.11 Å². The minimum absolute atomic E-state index is 0.486. The number of aromatic nitrogens is 2. The lowest BCUT2D eigenvalue weighted by molar-refractivity contribution is 0.0383. The fraction of sp³-hybridized carbons (Fsp3) is 0.412. The van der Waals surface area contributed by atoms with Gasteiger partial charge in [-0.3, -0.25) is 9.97 Å². The van der Waals surface area contributed by atoms with E-state index in [2.05, 4.69) is 15.3 Å². The number of hydrogen-bond donors (Lipinski definition) is 2. The molecule has 4 heteroatoms. The zero-order valence-corrected chi connectivity index (χ0v) is 12.1. The second-order valence-corrected chi connectivity index (χ2v) is 5.69. The maximum Gasteiger partial charge on any atom is 0.148 e. The van der Waals surface area contributed by atoms with Gasteiger partial charge in [0, 0.05) is 12.4 Å². The summed E-state index contributed by atoms with van der Waals surface area (Å²) < 4.78 is 0. The molecule has 1 saturated heterocycles. The molecule has 0 amide bonds. The predicted molar refractivity (Wildman–Crippen MR) is 81.7 cm³/mol. The first-order chi connectivity index (χ1) is 10.3. The number of aliphatic hydroxyl groups is 1. The van der Waals surface area contributed by atoms with Gasteiger partial charge >= 0.3 is 0 Å². The number of piperidine rings is 1. The van der Waals surface area contributed by atoms with E-state index in [1.807, 2.05) is 36.4 Å². The van der Waals surface area contributed by atoms with Crippen LogP contribution in [0.4, 0.5) is 0 Å². The van der Waals surface area contributed by atoms with E-state index in [9.17, 15) is 5.11 Å². The first kappa shape index (κ1) is 14.2. The number of rotatable bonds is 4. The van der Waals surface area contributed by atoms with Crippen molar-refractivity contribution in [2.75, 3.05) is 13.1 Å². The Balaban J connectivity index is 1.94. The highest BCUT2D eigenvalue weighted by Gasteiger charge is 2.37. The van der Waals surface area contributed by atoms with Gasteiger partial charge in [-0.15, -0.1) is 0 Å². The van der Waals surface area contributed by atoms with Crippen LogP contribution >= 0.6 is 0 Å². The molecule has 4 nitrogen and oxygen atoms in total. The summed E-state index contributed by atoms with van der Waals surface area (Å²) in [4.78, 5) is 8.77. The number of nitrogens with one attached hydrogen (secondary N) is 1. The lowest BCUT2D eigenvalue weighted by atomic mass is 9.81. The van der Waals surface area contributed by atoms with E-state index < -0.39 is 5.60 Å². The second-order valence-electron chi connectivity index (χ2n) is 5.69. The molecule has 0 atom stereocenters. The number of hydrogen-bond acceptors (Lipinski definition) is 4. The number of nitrogens with zero attached hydrogens (tertiary/aromatic N) is 2. The Kier molecular flexibility index (Phi) is 4.27. The molecule has 0 saturated carbocycles. The van der Waals surface area contributed by atoms with Gasteiger partial charge < -0.3 is 10.4 Å². The fourth-order valence-electron chi connectivity index (χ4n) is 3.06. The predicted octanol–water partition coefficient (Wildman–Crippen LogP) is 2.10. The van der Waals surface area contributed by atoms with Crippen molar-refractivity contribution in [1.29, 1.82) is 0 Å². The third-order valence-corrected chi connectivity index (χ3v) is 4.22. The van der Waals surface area contributed by atoms with Crippen LogP contribution in [0.25, 0.3) is 0 Å². The summed E-state index contributed by atoms with van der Waals surface area (Å²) in [5.41, 5.74) is 0.259. The van der Waals surface area contributed by atoms with Crippen LogP contribution in [-0.4, -0.2) is 28.2 Å². The first-order valence-corrected chi connectivity index (χ1v) is 7.55. The molecule has 0 unspecified atom stereocenters. The molecule has 2 aromatic heterocycles. The molecule has 0 radical (unpaired) electrons. The van der Waals surface area contributed by atoms with Crippen LogP contribution in [0.3, 0.4) is 0 Å². The molecule has 3 heterocycles. The minimum atomic E-state index is -1.11. The van der Waals surface area contributed by atoms with Gasteiger partial charge in [0.15, 0.2) is 0 Å². The highest BCUT2D eigenvalue weighted by molar-refractivity contribution is 5.27. The molecule has 0 spiro atoms. The summed E-state index contributed by atoms with van der Waals surface area (Å²) in [6.07, 6.45) is 6.30. The van der Waals surface area contributed by atoms with Gasteiger partial charge in [0.2, 0.25) is 0 Å². The average Bonchev–Trinajstić information content (AvgIpc) is 2.57. The van der Waals surface area contributed by atoms with Crippen LogP contribution in [0, 0.1) is 5.92 Å². The van der Waals surface area contributed by atoms with E-state index in [4.69, 9.17) is 0 Å².